The fourth-order valence-electron chi connectivity index (χ4n) is 2.06. The van der Waals surface area contributed by atoms with Crippen LogP contribution >= 0.6 is 23.2 Å². The smallest absolute Gasteiger partial charge is 0.246 e. The second-order valence-electron chi connectivity index (χ2n) is 5.34. The Bertz CT molecular complexity index is 629. The maximum absolute atomic E-state index is 12.4. The molecule has 1 saturated heterocycles. The number of amides is 2. The molecule has 1 heterocycles. The van der Waals surface area contributed by atoms with Gasteiger partial charge in [-0.15, -0.1) is 0 Å². The van der Waals surface area contributed by atoms with E-state index in [1.807, 2.05) is 0 Å². The Balaban J connectivity index is 2.24. The van der Waals surface area contributed by atoms with Gasteiger partial charge < -0.3 is 0 Å². The Morgan fingerprint density at radius 2 is 2.00 bits per heavy atom. The summed E-state index contributed by atoms with van der Waals surface area (Å²) in [5, 5.41) is 2.94. The molecule has 0 radical (unpaired) electrons. The minimum Gasteiger partial charge on any atom is -0.294 e. The predicted molar refractivity (Wildman–Crippen MR) is 79.6 cm³/mol. The molecule has 0 atom stereocenters. The van der Waals surface area contributed by atoms with Gasteiger partial charge in [0.25, 0.3) is 0 Å². The van der Waals surface area contributed by atoms with E-state index < -0.39 is 17.4 Å². The lowest BCUT2D eigenvalue weighted by molar-refractivity contribution is -0.144. The number of ketones is 1. The van der Waals surface area contributed by atoms with Crippen LogP contribution in [0.3, 0.4) is 0 Å². The first-order valence-electron chi connectivity index (χ1n) is 6.29. The van der Waals surface area contributed by atoms with E-state index in [0.717, 1.165) is 0 Å². The first-order valence-corrected chi connectivity index (χ1v) is 7.05. The molecular formula is C14H14Cl2N2O3. The lowest BCUT2D eigenvalue weighted by atomic mass is 9.97. The van der Waals surface area contributed by atoms with Gasteiger partial charge >= 0.3 is 0 Å². The number of nitrogens with one attached hydrogen (secondary N) is 1. The van der Waals surface area contributed by atoms with Crippen LogP contribution in [-0.4, -0.2) is 41.1 Å². The number of piperazine rings is 1. The van der Waals surface area contributed by atoms with Crippen LogP contribution in [0.4, 0.5) is 0 Å². The third-order valence-electron chi connectivity index (χ3n) is 3.50. The van der Waals surface area contributed by atoms with Gasteiger partial charge in [-0.1, -0.05) is 23.2 Å². The number of imide groups is 1. The van der Waals surface area contributed by atoms with Crippen LogP contribution in [0.25, 0.3) is 0 Å². The van der Waals surface area contributed by atoms with Crippen molar-refractivity contribution in [2.75, 3.05) is 13.1 Å². The molecule has 2 rings (SSSR count). The summed E-state index contributed by atoms with van der Waals surface area (Å²) in [5.41, 5.74) is -0.673. The Labute approximate surface area is 132 Å². The average molecular weight is 329 g/mol. The molecule has 0 bridgehead atoms. The van der Waals surface area contributed by atoms with Crippen LogP contribution in [0.2, 0.25) is 10.0 Å². The normalized spacial score (nSPS) is 18.5. The monoisotopic (exact) mass is 328 g/mol. The topological polar surface area (TPSA) is 66.5 Å². The second kappa shape index (κ2) is 5.75. The van der Waals surface area contributed by atoms with E-state index >= 15 is 0 Å². The van der Waals surface area contributed by atoms with Crippen molar-refractivity contribution < 1.29 is 14.4 Å². The molecule has 5 nitrogen and oxygen atoms in total. The highest BCUT2D eigenvalue weighted by molar-refractivity contribution is 6.36. The number of rotatable bonds is 3. The number of hydrogen-bond acceptors (Lipinski definition) is 4. The zero-order valence-electron chi connectivity index (χ0n) is 11.6. The van der Waals surface area contributed by atoms with Crippen molar-refractivity contribution in [3.8, 4) is 0 Å². The Kier molecular flexibility index (Phi) is 4.37. The van der Waals surface area contributed by atoms with Crippen LogP contribution in [0.1, 0.15) is 24.2 Å². The molecule has 1 aromatic rings. The molecule has 0 spiro atoms. The number of halogens is 2. The van der Waals surface area contributed by atoms with Crippen molar-refractivity contribution in [3.05, 3.63) is 33.8 Å². The van der Waals surface area contributed by atoms with E-state index in [4.69, 9.17) is 23.2 Å². The average Bonchev–Trinajstić information content (AvgIpc) is 2.38. The van der Waals surface area contributed by atoms with Crippen molar-refractivity contribution in [1.29, 1.82) is 0 Å². The summed E-state index contributed by atoms with van der Waals surface area (Å²) in [5.74, 6) is -1.15. The molecule has 1 aromatic carbocycles. The third kappa shape index (κ3) is 3.26. The van der Waals surface area contributed by atoms with E-state index in [1.165, 1.54) is 17.0 Å². The zero-order chi connectivity index (χ0) is 15.8. The molecular weight excluding hydrogens is 315 g/mol. The van der Waals surface area contributed by atoms with Crippen LogP contribution in [0.5, 0.6) is 0 Å². The Morgan fingerprint density at radius 3 is 2.67 bits per heavy atom. The van der Waals surface area contributed by atoms with E-state index in [2.05, 4.69) is 5.32 Å². The van der Waals surface area contributed by atoms with Crippen molar-refractivity contribution in [3.63, 3.8) is 0 Å². The minimum absolute atomic E-state index is 0.0251. The molecule has 0 unspecified atom stereocenters. The Hall–Kier alpha value is -1.43. The second-order valence-corrected chi connectivity index (χ2v) is 6.18. The largest absolute Gasteiger partial charge is 0.294 e. The highest BCUT2D eigenvalue weighted by atomic mass is 35.5. The van der Waals surface area contributed by atoms with Gasteiger partial charge in [-0.25, -0.2) is 0 Å². The summed E-state index contributed by atoms with van der Waals surface area (Å²) in [4.78, 5) is 37.2. The van der Waals surface area contributed by atoms with Crippen LogP contribution < -0.4 is 5.32 Å². The van der Waals surface area contributed by atoms with Gasteiger partial charge in [0.2, 0.25) is 11.8 Å². The van der Waals surface area contributed by atoms with Gasteiger partial charge in [-0.05, 0) is 32.0 Å². The summed E-state index contributed by atoms with van der Waals surface area (Å²) < 4.78 is 0. The van der Waals surface area contributed by atoms with Gasteiger partial charge in [-0.3, -0.25) is 24.6 Å². The molecule has 1 aliphatic heterocycles. The lowest BCUT2D eigenvalue weighted by Gasteiger charge is -2.39. The fraction of sp³-hybridized carbons (Fsp3) is 0.357. The zero-order valence-corrected chi connectivity index (χ0v) is 13.1. The van der Waals surface area contributed by atoms with Crippen molar-refractivity contribution in [1.82, 2.24) is 10.2 Å². The quantitative estimate of drug-likeness (QED) is 0.680. The lowest BCUT2D eigenvalue weighted by Crippen LogP contribution is -2.64. The molecule has 2 amide bonds. The molecule has 1 aliphatic rings. The molecule has 1 fully saturated rings. The number of carbonyl (C=O) groups is 3. The highest BCUT2D eigenvalue weighted by Gasteiger charge is 2.41. The minimum atomic E-state index is -0.950. The van der Waals surface area contributed by atoms with E-state index in [9.17, 15) is 14.4 Å². The van der Waals surface area contributed by atoms with Crippen molar-refractivity contribution >= 4 is 40.8 Å². The number of nitrogens with zero attached hydrogens (tertiary/aromatic N) is 1. The molecule has 0 aromatic heterocycles. The molecule has 0 aliphatic carbocycles. The van der Waals surface area contributed by atoms with E-state index in [-0.39, 0.29) is 29.5 Å². The molecule has 1 N–H and O–H groups in total. The molecule has 112 valence electrons. The predicted octanol–water partition coefficient (Wildman–Crippen LogP) is 1.91. The summed E-state index contributed by atoms with van der Waals surface area (Å²) >= 11 is 11.9. The standard InChI is InChI=1S/C14H14Cl2N2O3/c1-14(2)13(21)17-12(20)7-18(14)6-11(19)9-5-8(15)3-4-10(9)16/h3-5H,6-7H2,1-2H3,(H,17,20,21). The number of carbonyl (C=O) groups excluding carboxylic acids is 3. The first-order chi connectivity index (χ1) is 9.71. The van der Waals surface area contributed by atoms with Gasteiger partial charge in [0.15, 0.2) is 5.78 Å². The fourth-order valence-corrected chi connectivity index (χ4v) is 2.45. The van der Waals surface area contributed by atoms with Gasteiger partial charge in [0, 0.05) is 10.6 Å². The molecule has 0 saturated carbocycles. The summed E-state index contributed by atoms with van der Waals surface area (Å²) in [6, 6.07) is 4.60. The van der Waals surface area contributed by atoms with Gasteiger partial charge in [0.05, 0.1) is 23.7 Å². The maximum Gasteiger partial charge on any atom is 0.246 e. The first kappa shape index (κ1) is 15.9. The molecule has 21 heavy (non-hydrogen) atoms. The van der Waals surface area contributed by atoms with E-state index in [0.29, 0.717) is 5.02 Å². The SMILES string of the molecule is CC1(C)C(=O)NC(=O)CN1CC(=O)c1cc(Cl)ccc1Cl. The number of Topliss-reactive ketones (excluding diaryl/α,β-unsaturated/α-hetero) is 1. The van der Waals surface area contributed by atoms with Crippen LogP contribution in [-0.2, 0) is 9.59 Å². The summed E-state index contributed by atoms with van der Waals surface area (Å²) in [7, 11) is 0. The summed E-state index contributed by atoms with van der Waals surface area (Å²) in [6.45, 7) is 3.19. The van der Waals surface area contributed by atoms with Crippen LogP contribution in [0.15, 0.2) is 18.2 Å². The van der Waals surface area contributed by atoms with Gasteiger partial charge in [0.1, 0.15) is 0 Å². The number of hydrogen-bond donors (Lipinski definition) is 1. The Morgan fingerprint density at radius 1 is 1.33 bits per heavy atom. The van der Waals surface area contributed by atoms with Crippen molar-refractivity contribution in [2.24, 2.45) is 0 Å². The maximum atomic E-state index is 12.4. The van der Waals surface area contributed by atoms with Crippen LogP contribution in [0, 0.1) is 0 Å². The third-order valence-corrected chi connectivity index (χ3v) is 4.06. The summed E-state index contributed by atoms with van der Waals surface area (Å²) in [6.07, 6.45) is 0. The number of benzene rings is 1. The van der Waals surface area contributed by atoms with Gasteiger partial charge in [-0.2, -0.15) is 0 Å². The molecule has 7 heteroatoms. The van der Waals surface area contributed by atoms with E-state index in [1.54, 1.807) is 19.9 Å². The highest BCUT2D eigenvalue weighted by Crippen LogP contribution is 2.23. The van der Waals surface area contributed by atoms with Crippen molar-refractivity contribution in [2.45, 2.75) is 19.4 Å².